The number of nitrogen functional groups attached to an aromatic ring is 1. The molecule has 0 aromatic heterocycles. The molecule has 4 N–H and O–H groups in total. The van der Waals surface area contributed by atoms with E-state index in [0.29, 0.717) is 5.69 Å². The second kappa shape index (κ2) is 5.69. The van der Waals surface area contributed by atoms with E-state index in [2.05, 4.69) is 0 Å². The van der Waals surface area contributed by atoms with Gasteiger partial charge in [-0.3, -0.25) is 4.55 Å². The van der Waals surface area contributed by atoms with Crippen LogP contribution in [0.25, 0.3) is 0 Å². The minimum atomic E-state index is -4.18. The molecular weight excluding hydrogens is 254 g/mol. The third kappa shape index (κ3) is 3.97. The van der Waals surface area contributed by atoms with Crippen LogP contribution in [0.5, 0.6) is 0 Å². The number of aliphatic hydroxyl groups excluding tert-OH is 1. The minimum absolute atomic E-state index is 0.116. The predicted octanol–water partition coefficient (Wildman–Crippen LogP) is 0.931. The van der Waals surface area contributed by atoms with Crippen molar-refractivity contribution in [2.45, 2.75) is 32.8 Å². The molecule has 18 heavy (non-hydrogen) atoms. The molecule has 0 radical (unpaired) electrons. The van der Waals surface area contributed by atoms with Crippen molar-refractivity contribution in [2.24, 2.45) is 0 Å². The van der Waals surface area contributed by atoms with Gasteiger partial charge in [0.1, 0.15) is 5.75 Å². The molecule has 5 nitrogen and oxygen atoms in total. The fourth-order valence-electron chi connectivity index (χ4n) is 2.02. The maximum Gasteiger partial charge on any atom is 0.267 e. The fraction of sp³-hybridized carbons (Fsp3) is 0.500. The van der Waals surface area contributed by atoms with Crippen LogP contribution in [-0.4, -0.2) is 29.9 Å². The first-order chi connectivity index (χ1) is 8.24. The Balaban J connectivity index is 2.97. The van der Waals surface area contributed by atoms with Gasteiger partial charge in [-0.25, -0.2) is 0 Å². The largest absolute Gasteiger partial charge is 0.398 e. The molecule has 0 aliphatic carbocycles. The third-order valence-corrected chi connectivity index (χ3v) is 3.78. The van der Waals surface area contributed by atoms with Gasteiger partial charge in [-0.2, -0.15) is 8.42 Å². The molecule has 0 aliphatic heterocycles. The number of nitrogens with two attached hydrogens (primary N) is 1. The molecule has 1 rings (SSSR count). The Labute approximate surface area is 107 Å². The highest BCUT2D eigenvalue weighted by Gasteiger charge is 2.17. The van der Waals surface area contributed by atoms with Gasteiger partial charge in [0.2, 0.25) is 0 Å². The number of aryl methyl sites for hydroxylation is 1. The highest BCUT2D eigenvalue weighted by atomic mass is 32.2. The summed E-state index contributed by atoms with van der Waals surface area (Å²) in [6.07, 6.45) is -0.202. The van der Waals surface area contributed by atoms with E-state index in [9.17, 15) is 13.5 Å². The van der Waals surface area contributed by atoms with Crippen molar-refractivity contribution >= 4 is 15.8 Å². The van der Waals surface area contributed by atoms with E-state index in [-0.39, 0.29) is 6.42 Å². The Bertz CT molecular complexity index is 525. The van der Waals surface area contributed by atoms with E-state index in [0.717, 1.165) is 23.1 Å². The molecule has 0 aliphatic rings. The summed E-state index contributed by atoms with van der Waals surface area (Å²) in [5.41, 5.74) is 9.18. The van der Waals surface area contributed by atoms with Crippen LogP contribution in [0.4, 0.5) is 5.69 Å². The number of anilines is 1. The molecule has 0 spiro atoms. The van der Waals surface area contributed by atoms with Crippen LogP contribution in [0.1, 0.15) is 23.6 Å². The van der Waals surface area contributed by atoms with Crippen molar-refractivity contribution in [3.05, 3.63) is 28.8 Å². The maximum atomic E-state index is 10.7. The molecule has 0 saturated carbocycles. The molecule has 6 heteroatoms. The summed E-state index contributed by atoms with van der Waals surface area (Å²) in [5.74, 6) is -0.678. The van der Waals surface area contributed by atoms with Gasteiger partial charge in [0.15, 0.2) is 0 Å². The first kappa shape index (κ1) is 14.9. The lowest BCUT2D eigenvalue weighted by molar-refractivity contribution is 0.195. The smallest absolute Gasteiger partial charge is 0.267 e. The average molecular weight is 273 g/mol. The van der Waals surface area contributed by atoms with Crippen LogP contribution in [0.2, 0.25) is 0 Å². The molecule has 1 aromatic rings. The zero-order valence-electron chi connectivity index (χ0n) is 10.5. The average Bonchev–Trinajstić information content (AvgIpc) is 2.22. The van der Waals surface area contributed by atoms with Crippen LogP contribution in [0.15, 0.2) is 12.1 Å². The quantitative estimate of drug-likeness (QED) is 0.547. The topological polar surface area (TPSA) is 101 Å². The van der Waals surface area contributed by atoms with E-state index in [4.69, 9.17) is 10.3 Å². The molecular formula is C12H19NO4S. The van der Waals surface area contributed by atoms with Crippen molar-refractivity contribution in [3.8, 4) is 0 Å². The summed E-state index contributed by atoms with van der Waals surface area (Å²) in [4.78, 5) is 0. The Morgan fingerprint density at radius 2 is 2.00 bits per heavy atom. The molecule has 0 fully saturated rings. The van der Waals surface area contributed by atoms with E-state index in [1.807, 2.05) is 19.9 Å². The van der Waals surface area contributed by atoms with Crippen molar-refractivity contribution in [3.63, 3.8) is 0 Å². The zero-order chi connectivity index (χ0) is 13.9. The Morgan fingerprint density at radius 1 is 1.39 bits per heavy atom. The van der Waals surface area contributed by atoms with Crippen LogP contribution in [0, 0.1) is 6.92 Å². The summed E-state index contributed by atoms with van der Waals surface area (Å²) in [6, 6.07) is 3.67. The van der Waals surface area contributed by atoms with Crippen LogP contribution >= 0.6 is 0 Å². The fourth-order valence-corrected chi connectivity index (χ4v) is 2.62. The third-order valence-electron chi connectivity index (χ3n) is 2.97. The first-order valence-electron chi connectivity index (χ1n) is 5.74. The summed E-state index contributed by atoms with van der Waals surface area (Å²) in [6.45, 7) is 3.90. The highest BCUT2D eigenvalue weighted by Crippen LogP contribution is 2.23. The number of benzene rings is 1. The van der Waals surface area contributed by atoms with Crippen molar-refractivity contribution in [1.82, 2.24) is 0 Å². The van der Waals surface area contributed by atoms with E-state index in [1.165, 1.54) is 0 Å². The number of aliphatic hydroxyl groups is 1. The van der Waals surface area contributed by atoms with Crippen molar-refractivity contribution < 1.29 is 18.1 Å². The Kier molecular flexibility index (Phi) is 4.72. The summed E-state index contributed by atoms with van der Waals surface area (Å²) >= 11 is 0. The molecule has 1 aromatic carbocycles. The van der Waals surface area contributed by atoms with E-state index in [1.54, 1.807) is 6.07 Å². The van der Waals surface area contributed by atoms with Crippen molar-refractivity contribution in [1.29, 1.82) is 0 Å². The van der Waals surface area contributed by atoms with Gasteiger partial charge < -0.3 is 10.8 Å². The molecule has 0 saturated heterocycles. The van der Waals surface area contributed by atoms with Crippen LogP contribution < -0.4 is 5.73 Å². The molecule has 0 heterocycles. The second-order valence-electron chi connectivity index (χ2n) is 4.38. The Hall–Kier alpha value is -1.11. The Morgan fingerprint density at radius 3 is 2.50 bits per heavy atom. The zero-order valence-corrected chi connectivity index (χ0v) is 11.4. The van der Waals surface area contributed by atoms with Crippen molar-refractivity contribution in [2.75, 3.05) is 11.5 Å². The lowest BCUT2D eigenvalue weighted by Crippen LogP contribution is -2.23. The number of hydrogen-bond donors (Lipinski definition) is 3. The summed E-state index contributed by atoms with van der Waals surface area (Å²) in [5, 5.41) is 9.66. The lowest BCUT2D eigenvalue weighted by Gasteiger charge is -2.16. The molecule has 102 valence electrons. The highest BCUT2D eigenvalue weighted by molar-refractivity contribution is 7.85. The van der Waals surface area contributed by atoms with E-state index < -0.39 is 22.0 Å². The molecule has 0 amide bonds. The van der Waals surface area contributed by atoms with Gasteiger partial charge in [-0.05, 0) is 36.1 Å². The summed E-state index contributed by atoms with van der Waals surface area (Å²) in [7, 11) is -4.18. The lowest BCUT2D eigenvalue weighted by atomic mass is 9.95. The van der Waals surface area contributed by atoms with E-state index >= 15 is 0 Å². The van der Waals surface area contributed by atoms with Gasteiger partial charge >= 0.3 is 0 Å². The predicted molar refractivity (Wildman–Crippen MR) is 71.1 cm³/mol. The SMILES string of the molecule is CCc1ccc(N)c(CC(O)CS(=O)(=O)O)c1C. The van der Waals surface area contributed by atoms with Gasteiger partial charge in [0, 0.05) is 12.1 Å². The monoisotopic (exact) mass is 273 g/mol. The summed E-state index contributed by atoms with van der Waals surface area (Å²) < 4.78 is 30.1. The number of rotatable bonds is 5. The maximum absolute atomic E-state index is 10.7. The van der Waals surface area contributed by atoms with Gasteiger partial charge in [-0.15, -0.1) is 0 Å². The first-order valence-corrected chi connectivity index (χ1v) is 7.35. The molecule has 1 unspecified atom stereocenters. The van der Waals surface area contributed by atoms with Gasteiger partial charge in [0.25, 0.3) is 10.1 Å². The second-order valence-corrected chi connectivity index (χ2v) is 5.87. The standard InChI is InChI=1S/C12H19NO4S/c1-3-9-4-5-12(13)11(8(9)2)6-10(14)7-18(15,16)17/h4-5,10,14H,3,6-7,13H2,1-2H3,(H,15,16,17). The minimum Gasteiger partial charge on any atom is -0.398 e. The van der Waals surface area contributed by atoms with Crippen LogP contribution in [-0.2, 0) is 23.0 Å². The normalized spacial score (nSPS) is 13.6. The molecule has 0 bridgehead atoms. The number of hydrogen-bond acceptors (Lipinski definition) is 4. The van der Waals surface area contributed by atoms with Gasteiger partial charge in [-0.1, -0.05) is 13.0 Å². The van der Waals surface area contributed by atoms with Gasteiger partial charge in [0.05, 0.1) is 6.10 Å². The molecule has 1 atom stereocenters. The van der Waals surface area contributed by atoms with Crippen LogP contribution in [0.3, 0.4) is 0 Å².